The Balaban J connectivity index is 1.70. The van der Waals surface area contributed by atoms with Crippen molar-refractivity contribution in [1.29, 1.82) is 0 Å². The minimum atomic E-state index is -0.0311. The van der Waals surface area contributed by atoms with E-state index in [2.05, 4.69) is 38.9 Å². The summed E-state index contributed by atoms with van der Waals surface area (Å²) in [7, 11) is 1.94. The highest BCUT2D eigenvalue weighted by Gasteiger charge is 2.26. The first-order valence-corrected chi connectivity index (χ1v) is 9.20. The zero-order chi connectivity index (χ0) is 19.1. The smallest absolute Gasteiger partial charge is 0.260 e. The number of aryl methyl sites for hydroxylation is 3. The molecule has 1 aliphatic heterocycles. The molecule has 0 N–H and O–H groups in total. The summed E-state index contributed by atoms with van der Waals surface area (Å²) in [5.74, 6) is 0.820. The number of fused-ring (bicyclic) bond motifs is 1. The van der Waals surface area contributed by atoms with Gasteiger partial charge in [-0.25, -0.2) is 0 Å². The Morgan fingerprint density at radius 2 is 2.00 bits per heavy atom. The second kappa shape index (κ2) is 6.78. The monoisotopic (exact) mass is 355 g/mol. The fourth-order valence-corrected chi connectivity index (χ4v) is 3.58. The lowest BCUT2D eigenvalue weighted by Gasteiger charge is -2.28. The van der Waals surface area contributed by atoms with Gasteiger partial charge in [-0.15, -0.1) is 0 Å². The van der Waals surface area contributed by atoms with Crippen LogP contribution in [0, 0.1) is 13.8 Å². The van der Waals surface area contributed by atoms with E-state index < -0.39 is 0 Å². The van der Waals surface area contributed by atoms with Gasteiger partial charge in [-0.2, -0.15) is 5.10 Å². The van der Waals surface area contributed by atoms with Gasteiger partial charge in [-0.3, -0.25) is 9.48 Å². The summed E-state index contributed by atoms with van der Waals surface area (Å²) >= 11 is 0. The number of carbonyl (C=O) groups excluding carboxylic acids is 1. The van der Waals surface area contributed by atoms with Gasteiger partial charge >= 0.3 is 0 Å². The highest BCUT2D eigenvalue weighted by Crippen LogP contribution is 2.32. The molecule has 1 aliphatic rings. The van der Waals surface area contributed by atoms with Crippen LogP contribution in [0.2, 0.25) is 0 Å². The molecule has 3 rings (SSSR count). The van der Waals surface area contributed by atoms with E-state index in [4.69, 9.17) is 4.74 Å². The van der Waals surface area contributed by atoms with Crippen molar-refractivity contribution in [2.24, 2.45) is 7.05 Å². The van der Waals surface area contributed by atoms with E-state index in [1.54, 1.807) is 0 Å². The minimum Gasteiger partial charge on any atom is -0.483 e. The number of rotatable bonds is 3. The van der Waals surface area contributed by atoms with Crippen molar-refractivity contribution in [2.75, 3.05) is 13.2 Å². The molecule has 0 radical (unpaired) electrons. The second-order valence-corrected chi connectivity index (χ2v) is 8.24. The molecule has 2 heterocycles. The van der Waals surface area contributed by atoms with Crippen molar-refractivity contribution in [3.63, 3.8) is 0 Å². The summed E-state index contributed by atoms with van der Waals surface area (Å²) in [5, 5.41) is 4.47. The average molecular weight is 355 g/mol. The number of hydrogen-bond acceptors (Lipinski definition) is 3. The molecular weight excluding hydrogens is 326 g/mol. The molecule has 1 amide bonds. The van der Waals surface area contributed by atoms with Crippen LogP contribution in [-0.4, -0.2) is 33.7 Å². The molecule has 0 spiro atoms. The molecule has 2 aromatic rings. The third kappa shape index (κ3) is 3.62. The first-order chi connectivity index (χ1) is 12.2. The molecule has 26 heavy (non-hydrogen) atoms. The van der Waals surface area contributed by atoms with Crippen LogP contribution in [0.15, 0.2) is 18.2 Å². The predicted octanol–water partition coefficient (Wildman–Crippen LogP) is 3.30. The van der Waals surface area contributed by atoms with Crippen molar-refractivity contribution >= 4 is 5.91 Å². The lowest BCUT2D eigenvalue weighted by atomic mass is 9.85. The molecule has 1 aromatic carbocycles. The van der Waals surface area contributed by atoms with E-state index in [9.17, 15) is 4.79 Å². The van der Waals surface area contributed by atoms with Crippen LogP contribution in [0.4, 0.5) is 0 Å². The maximum Gasteiger partial charge on any atom is 0.260 e. The Morgan fingerprint density at radius 1 is 1.27 bits per heavy atom. The molecule has 0 atom stereocenters. The Bertz CT molecular complexity index is 831. The highest BCUT2D eigenvalue weighted by atomic mass is 16.5. The fraction of sp³-hybridized carbons (Fsp3) is 0.524. The molecule has 0 unspecified atom stereocenters. The van der Waals surface area contributed by atoms with Gasteiger partial charge in [0.25, 0.3) is 5.91 Å². The molecular formula is C21H29N3O2. The summed E-state index contributed by atoms with van der Waals surface area (Å²) in [5.41, 5.74) is 5.79. The van der Waals surface area contributed by atoms with Gasteiger partial charge in [0.15, 0.2) is 6.61 Å². The van der Waals surface area contributed by atoms with Crippen molar-refractivity contribution in [3.8, 4) is 5.75 Å². The fourth-order valence-electron chi connectivity index (χ4n) is 3.58. The quantitative estimate of drug-likeness (QED) is 0.849. The zero-order valence-electron chi connectivity index (χ0n) is 16.7. The standard InChI is InChI=1S/C21H29N3O2/c1-14-7-8-19(17(11-14)21(3,4)5)26-13-20(25)24-10-9-16-15(2)22-23(6)18(16)12-24/h7-8,11H,9-10,12-13H2,1-6H3. The van der Waals surface area contributed by atoms with Gasteiger partial charge in [-0.05, 0) is 42.9 Å². The Kier molecular flexibility index (Phi) is 4.82. The number of hydrogen-bond donors (Lipinski definition) is 0. The van der Waals surface area contributed by atoms with Crippen LogP contribution in [0.3, 0.4) is 0 Å². The number of benzene rings is 1. The summed E-state index contributed by atoms with van der Waals surface area (Å²) in [6.45, 7) is 12.0. The molecule has 0 saturated heterocycles. The predicted molar refractivity (Wildman–Crippen MR) is 102 cm³/mol. The van der Waals surface area contributed by atoms with E-state index in [-0.39, 0.29) is 17.9 Å². The van der Waals surface area contributed by atoms with Crippen molar-refractivity contribution < 1.29 is 9.53 Å². The molecule has 140 valence electrons. The third-order valence-corrected chi connectivity index (χ3v) is 5.09. The first kappa shape index (κ1) is 18.5. The third-order valence-electron chi connectivity index (χ3n) is 5.09. The maximum atomic E-state index is 12.7. The van der Waals surface area contributed by atoms with Crippen LogP contribution in [0.1, 0.15) is 48.8 Å². The van der Waals surface area contributed by atoms with Gasteiger partial charge in [0.05, 0.1) is 17.9 Å². The Labute approximate surface area is 156 Å². The second-order valence-electron chi connectivity index (χ2n) is 8.24. The highest BCUT2D eigenvalue weighted by molar-refractivity contribution is 5.78. The number of amides is 1. The van der Waals surface area contributed by atoms with Crippen LogP contribution >= 0.6 is 0 Å². The summed E-state index contributed by atoms with van der Waals surface area (Å²) in [4.78, 5) is 14.6. The molecule has 1 aromatic heterocycles. The summed E-state index contributed by atoms with van der Waals surface area (Å²) < 4.78 is 7.83. The first-order valence-electron chi connectivity index (χ1n) is 9.20. The van der Waals surface area contributed by atoms with Gasteiger partial charge in [0.2, 0.25) is 0 Å². The average Bonchev–Trinajstić information content (AvgIpc) is 2.86. The van der Waals surface area contributed by atoms with E-state index >= 15 is 0 Å². The van der Waals surface area contributed by atoms with Gasteiger partial charge < -0.3 is 9.64 Å². The SMILES string of the molecule is Cc1ccc(OCC(=O)N2CCc3c(C)nn(C)c3C2)c(C(C)(C)C)c1. The topological polar surface area (TPSA) is 47.4 Å². The number of nitrogens with zero attached hydrogens (tertiary/aromatic N) is 3. The van der Waals surface area contributed by atoms with E-state index in [1.165, 1.54) is 11.1 Å². The number of ether oxygens (including phenoxy) is 1. The van der Waals surface area contributed by atoms with Crippen molar-refractivity contribution in [2.45, 2.75) is 53.0 Å². The Morgan fingerprint density at radius 3 is 2.69 bits per heavy atom. The van der Waals surface area contributed by atoms with E-state index in [0.717, 1.165) is 35.7 Å². The minimum absolute atomic E-state index is 0.0231. The van der Waals surface area contributed by atoms with Crippen molar-refractivity contribution in [1.82, 2.24) is 14.7 Å². The van der Waals surface area contributed by atoms with Crippen molar-refractivity contribution in [3.05, 3.63) is 46.3 Å². The lowest BCUT2D eigenvalue weighted by Crippen LogP contribution is -2.39. The van der Waals surface area contributed by atoms with Crippen LogP contribution in [0.25, 0.3) is 0 Å². The molecule has 5 heteroatoms. The molecule has 5 nitrogen and oxygen atoms in total. The van der Waals surface area contributed by atoms with Gasteiger partial charge in [0.1, 0.15) is 5.75 Å². The zero-order valence-corrected chi connectivity index (χ0v) is 16.7. The van der Waals surface area contributed by atoms with E-state index in [0.29, 0.717) is 6.54 Å². The molecule has 0 fully saturated rings. The normalized spacial score (nSPS) is 14.3. The van der Waals surface area contributed by atoms with E-state index in [1.807, 2.05) is 35.7 Å². The molecule has 0 saturated carbocycles. The number of carbonyl (C=O) groups is 1. The van der Waals surface area contributed by atoms with Crippen LogP contribution < -0.4 is 4.74 Å². The number of aromatic nitrogens is 2. The van der Waals surface area contributed by atoms with Crippen LogP contribution in [0.5, 0.6) is 5.75 Å². The summed E-state index contributed by atoms with van der Waals surface area (Å²) in [6, 6.07) is 6.15. The molecule has 0 aliphatic carbocycles. The van der Waals surface area contributed by atoms with Crippen LogP contribution in [-0.2, 0) is 30.2 Å². The van der Waals surface area contributed by atoms with Gasteiger partial charge in [0, 0.05) is 13.6 Å². The largest absolute Gasteiger partial charge is 0.483 e. The Hall–Kier alpha value is -2.30. The molecule has 0 bridgehead atoms. The maximum absolute atomic E-state index is 12.7. The summed E-state index contributed by atoms with van der Waals surface area (Å²) in [6.07, 6.45) is 0.860. The van der Waals surface area contributed by atoms with Gasteiger partial charge in [-0.1, -0.05) is 38.5 Å². The lowest BCUT2D eigenvalue weighted by molar-refractivity contribution is -0.134.